The number of ether oxygens (including phenoxy) is 1. The number of aliphatic hydroxyl groups excluding tert-OH is 1. The lowest BCUT2D eigenvalue weighted by atomic mass is 9.75. The Hall–Kier alpha value is -1.02. The molecule has 1 fully saturated rings. The fraction of sp³-hybridized carbons (Fsp3) is 0.650. The number of hydrogen-bond acceptors (Lipinski definition) is 3. The summed E-state index contributed by atoms with van der Waals surface area (Å²) in [7, 11) is 1.64. The van der Waals surface area contributed by atoms with Crippen LogP contribution in [0.2, 0.25) is 0 Å². The fourth-order valence-electron chi connectivity index (χ4n) is 3.17. The summed E-state index contributed by atoms with van der Waals surface area (Å²) in [5.41, 5.74) is 1.30. The molecular weight excluding hydrogens is 441 g/mol. The molecule has 1 saturated carbocycles. The molecule has 1 aliphatic carbocycles. The SMILES string of the molecule is CCNC(=NCC(O)c1ccc(OC)cc1)NC1CCC(C)(C)CC1.I. The minimum absolute atomic E-state index is 0. The smallest absolute Gasteiger partial charge is 0.191 e. The zero-order chi connectivity index (χ0) is 18.3. The number of rotatable bonds is 6. The average Bonchev–Trinajstić information content (AvgIpc) is 2.61. The summed E-state index contributed by atoms with van der Waals surface area (Å²) in [4.78, 5) is 4.58. The highest BCUT2D eigenvalue weighted by atomic mass is 127. The van der Waals surface area contributed by atoms with Gasteiger partial charge in [0, 0.05) is 12.6 Å². The summed E-state index contributed by atoms with van der Waals surface area (Å²) in [5, 5.41) is 17.2. The molecule has 6 heteroatoms. The van der Waals surface area contributed by atoms with Gasteiger partial charge in [-0.05, 0) is 55.7 Å². The molecule has 0 aromatic heterocycles. The standard InChI is InChI=1S/C20H33N3O2.HI/c1-5-21-19(23-16-10-12-20(2,3)13-11-16)22-14-18(24)15-6-8-17(25-4)9-7-15;/h6-9,16,18,24H,5,10-14H2,1-4H3,(H2,21,22,23);1H. The second-order valence-corrected chi connectivity index (χ2v) is 7.59. The molecule has 1 aromatic carbocycles. The van der Waals surface area contributed by atoms with Crippen LogP contribution in [0.3, 0.4) is 0 Å². The highest BCUT2D eigenvalue weighted by molar-refractivity contribution is 14.0. The lowest BCUT2D eigenvalue weighted by Crippen LogP contribution is -2.45. The van der Waals surface area contributed by atoms with Gasteiger partial charge in [-0.25, -0.2) is 0 Å². The van der Waals surface area contributed by atoms with Crippen LogP contribution in [-0.4, -0.2) is 37.3 Å². The first-order chi connectivity index (χ1) is 11.9. The van der Waals surface area contributed by atoms with E-state index in [9.17, 15) is 5.11 Å². The van der Waals surface area contributed by atoms with Crippen LogP contribution >= 0.6 is 24.0 Å². The number of hydrogen-bond donors (Lipinski definition) is 3. The van der Waals surface area contributed by atoms with Crippen molar-refractivity contribution in [2.75, 3.05) is 20.2 Å². The molecule has 0 aliphatic heterocycles. The predicted molar refractivity (Wildman–Crippen MR) is 119 cm³/mol. The van der Waals surface area contributed by atoms with Gasteiger partial charge in [-0.1, -0.05) is 26.0 Å². The molecule has 26 heavy (non-hydrogen) atoms. The van der Waals surface area contributed by atoms with Crippen LogP contribution in [-0.2, 0) is 0 Å². The molecule has 1 atom stereocenters. The number of nitrogens with zero attached hydrogens (tertiary/aromatic N) is 1. The van der Waals surface area contributed by atoms with Crippen molar-refractivity contribution in [3.05, 3.63) is 29.8 Å². The number of nitrogens with one attached hydrogen (secondary N) is 2. The molecular formula is C20H34IN3O2. The maximum atomic E-state index is 10.4. The van der Waals surface area contributed by atoms with E-state index in [1.807, 2.05) is 24.3 Å². The van der Waals surface area contributed by atoms with Crippen LogP contribution in [0.1, 0.15) is 58.1 Å². The predicted octanol–water partition coefficient (Wildman–Crippen LogP) is 3.87. The molecule has 0 spiro atoms. The van der Waals surface area contributed by atoms with Crippen molar-refractivity contribution in [3.8, 4) is 5.75 Å². The van der Waals surface area contributed by atoms with E-state index in [0.29, 0.717) is 18.0 Å². The molecule has 1 unspecified atom stereocenters. The van der Waals surface area contributed by atoms with E-state index in [1.54, 1.807) is 7.11 Å². The summed E-state index contributed by atoms with van der Waals surface area (Å²) in [6, 6.07) is 7.93. The molecule has 0 heterocycles. The maximum Gasteiger partial charge on any atom is 0.191 e. The summed E-state index contributed by atoms with van der Waals surface area (Å²) < 4.78 is 5.15. The topological polar surface area (TPSA) is 65.9 Å². The molecule has 1 aromatic rings. The van der Waals surface area contributed by atoms with Crippen LogP contribution in [0.5, 0.6) is 5.75 Å². The molecule has 1 aliphatic rings. The van der Waals surface area contributed by atoms with Gasteiger partial charge in [0.05, 0.1) is 19.8 Å². The number of halogens is 1. The number of guanidine groups is 1. The lowest BCUT2D eigenvalue weighted by molar-refractivity contribution is 0.186. The molecule has 2 rings (SSSR count). The van der Waals surface area contributed by atoms with E-state index in [4.69, 9.17) is 4.74 Å². The van der Waals surface area contributed by atoms with Crippen molar-refractivity contribution >= 4 is 29.9 Å². The summed E-state index contributed by atoms with van der Waals surface area (Å²) >= 11 is 0. The normalized spacial score (nSPS) is 18.6. The molecule has 5 nitrogen and oxygen atoms in total. The number of aliphatic hydroxyl groups is 1. The Morgan fingerprint density at radius 1 is 1.27 bits per heavy atom. The maximum absolute atomic E-state index is 10.4. The molecule has 0 radical (unpaired) electrons. The second kappa shape index (κ2) is 11.0. The number of benzene rings is 1. The van der Waals surface area contributed by atoms with Crippen molar-refractivity contribution in [1.82, 2.24) is 10.6 Å². The molecule has 3 N–H and O–H groups in total. The Morgan fingerprint density at radius 3 is 2.42 bits per heavy atom. The Balaban J connectivity index is 0.00000338. The summed E-state index contributed by atoms with van der Waals surface area (Å²) in [5.74, 6) is 1.58. The van der Waals surface area contributed by atoms with Crippen LogP contribution in [0, 0.1) is 5.41 Å². The summed E-state index contributed by atoms with van der Waals surface area (Å²) in [6.45, 7) is 7.88. The number of methoxy groups -OCH3 is 1. The number of aliphatic imine (C=N–C) groups is 1. The van der Waals surface area contributed by atoms with Crippen molar-refractivity contribution in [2.45, 2.75) is 58.6 Å². The third kappa shape index (κ3) is 7.31. The van der Waals surface area contributed by atoms with E-state index in [0.717, 1.165) is 23.8 Å². The van der Waals surface area contributed by atoms with Crippen LogP contribution in [0.4, 0.5) is 0 Å². The Labute approximate surface area is 175 Å². The third-order valence-electron chi connectivity index (χ3n) is 4.95. The van der Waals surface area contributed by atoms with Gasteiger partial charge < -0.3 is 20.5 Å². The first-order valence-electron chi connectivity index (χ1n) is 9.30. The van der Waals surface area contributed by atoms with Gasteiger partial charge in [0.2, 0.25) is 0 Å². The quantitative estimate of drug-likeness (QED) is 0.332. The average molecular weight is 475 g/mol. The Morgan fingerprint density at radius 2 is 1.88 bits per heavy atom. The minimum atomic E-state index is -0.619. The largest absolute Gasteiger partial charge is 0.497 e. The third-order valence-corrected chi connectivity index (χ3v) is 4.95. The van der Waals surface area contributed by atoms with Crippen LogP contribution in [0.25, 0.3) is 0 Å². The monoisotopic (exact) mass is 475 g/mol. The minimum Gasteiger partial charge on any atom is -0.497 e. The Bertz CT molecular complexity index is 551. The van der Waals surface area contributed by atoms with Crippen molar-refractivity contribution in [1.29, 1.82) is 0 Å². The van der Waals surface area contributed by atoms with Gasteiger partial charge >= 0.3 is 0 Å². The molecule has 148 valence electrons. The van der Waals surface area contributed by atoms with E-state index in [2.05, 4.69) is 36.4 Å². The first-order valence-corrected chi connectivity index (χ1v) is 9.30. The van der Waals surface area contributed by atoms with Crippen molar-refractivity contribution in [2.24, 2.45) is 10.4 Å². The van der Waals surface area contributed by atoms with Gasteiger partial charge in [-0.2, -0.15) is 0 Å². The zero-order valence-electron chi connectivity index (χ0n) is 16.4. The lowest BCUT2D eigenvalue weighted by Gasteiger charge is -2.35. The van der Waals surface area contributed by atoms with Crippen molar-refractivity contribution in [3.63, 3.8) is 0 Å². The first kappa shape index (κ1) is 23.0. The molecule has 0 amide bonds. The van der Waals surface area contributed by atoms with Gasteiger partial charge in [-0.3, -0.25) is 4.99 Å². The van der Waals surface area contributed by atoms with Crippen LogP contribution in [0.15, 0.2) is 29.3 Å². The van der Waals surface area contributed by atoms with E-state index >= 15 is 0 Å². The highest BCUT2D eigenvalue weighted by Crippen LogP contribution is 2.34. The second-order valence-electron chi connectivity index (χ2n) is 7.59. The van der Waals surface area contributed by atoms with E-state index in [1.165, 1.54) is 25.7 Å². The highest BCUT2D eigenvalue weighted by Gasteiger charge is 2.27. The van der Waals surface area contributed by atoms with Crippen molar-refractivity contribution < 1.29 is 9.84 Å². The Kier molecular flexibility index (Phi) is 9.71. The van der Waals surface area contributed by atoms with Gasteiger partial charge in [0.25, 0.3) is 0 Å². The summed E-state index contributed by atoms with van der Waals surface area (Å²) in [6.07, 6.45) is 4.18. The van der Waals surface area contributed by atoms with Crippen LogP contribution < -0.4 is 15.4 Å². The van der Waals surface area contributed by atoms with Gasteiger partial charge in [0.15, 0.2) is 5.96 Å². The van der Waals surface area contributed by atoms with Gasteiger partial charge in [-0.15, -0.1) is 24.0 Å². The van der Waals surface area contributed by atoms with E-state index < -0.39 is 6.10 Å². The zero-order valence-corrected chi connectivity index (χ0v) is 18.7. The van der Waals surface area contributed by atoms with E-state index in [-0.39, 0.29) is 24.0 Å². The van der Waals surface area contributed by atoms with Gasteiger partial charge in [0.1, 0.15) is 5.75 Å². The molecule has 0 bridgehead atoms. The fourth-order valence-corrected chi connectivity index (χ4v) is 3.17. The molecule has 0 saturated heterocycles.